The van der Waals surface area contributed by atoms with Gasteiger partial charge < -0.3 is 4.90 Å². The summed E-state index contributed by atoms with van der Waals surface area (Å²) in [7, 11) is 0. The van der Waals surface area contributed by atoms with Crippen molar-refractivity contribution < 1.29 is 4.79 Å². The Morgan fingerprint density at radius 1 is 1.23 bits per heavy atom. The third kappa shape index (κ3) is 3.66. The van der Waals surface area contributed by atoms with Gasteiger partial charge in [-0.3, -0.25) is 4.79 Å². The summed E-state index contributed by atoms with van der Waals surface area (Å²) in [5.41, 5.74) is 2.10. The van der Waals surface area contributed by atoms with Crippen LogP contribution in [0.5, 0.6) is 0 Å². The van der Waals surface area contributed by atoms with Crippen LogP contribution in [0.4, 0.5) is 0 Å². The minimum Gasteiger partial charge on any atom is -0.342 e. The summed E-state index contributed by atoms with van der Waals surface area (Å²) in [5.74, 6) is 0.212. The van der Waals surface area contributed by atoms with Crippen molar-refractivity contribution in [3.63, 3.8) is 0 Å². The highest BCUT2D eigenvalue weighted by Gasteiger charge is 2.25. The minimum absolute atomic E-state index is 0.135. The third-order valence-corrected chi connectivity index (χ3v) is 7.39. The SMILES string of the molecule is CC(Sc1ncnc2cc(-c3ccc(Br)cc3)sc12)C(=O)N1CCCC1. The molecule has 1 atom stereocenters. The average molecular weight is 448 g/mol. The molecule has 134 valence electrons. The fourth-order valence-electron chi connectivity index (χ4n) is 3.09. The number of thiophene rings is 1. The second-order valence-electron chi connectivity index (χ2n) is 6.30. The zero-order valence-corrected chi connectivity index (χ0v) is 17.5. The molecule has 3 heterocycles. The number of fused-ring (bicyclic) bond motifs is 1. The topological polar surface area (TPSA) is 46.1 Å². The van der Waals surface area contributed by atoms with E-state index in [0.29, 0.717) is 0 Å². The van der Waals surface area contributed by atoms with Crippen LogP contribution < -0.4 is 0 Å². The Morgan fingerprint density at radius 3 is 2.69 bits per heavy atom. The number of nitrogens with zero attached hydrogens (tertiary/aromatic N) is 3. The maximum absolute atomic E-state index is 12.6. The van der Waals surface area contributed by atoms with Gasteiger partial charge in [0.25, 0.3) is 0 Å². The Balaban J connectivity index is 1.61. The van der Waals surface area contributed by atoms with Crippen molar-refractivity contribution in [2.75, 3.05) is 13.1 Å². The molecule has 4 nitrogen and oxygen atoms in total. The number of thioether (sulfide) groups is 1. The number of benzene rings is 1. The van der Waals surface area contributed by atoms with Gasteiger partial charge >= 0.3 is 0 Å². The first-order valence-corrected chi connectivity index (χ1v) is 11.1. The maximum atomic E-state index is 12.6. The van der Waals surface area contributed by atoms with Crippen LogP contribution in [0, 0.1) is 0 Å². The summed E-state index contributed by atoms with van der Waals surface area (Å²) >= 11 is 6.70. The van der Waals surface area contributed by atoms with E-state index in [4.69, 9.17) is 0 Å². The molecule has 1 aliphatic heterocycles. The summed E-state index contributed by atoms with van der Waals surface area (Å²) in [6, 6.07) is 10.4. The zero-order chi connectivity index (χ0) is 18.1. The Labute approximate surface area is 169 Å². The fourth-order valence-corrected chi connectivity index (χ4v) is 5.52. The van der Waals surface area contributed by atoms with E-state index in [1.807, 2.05) is 24.0 Å². The van der Waals surface area contributed by atoms with E-state index in [9.17, 15) is 4.79 Å². The normalized spacial score (nSPS) is 15.5. The van der Waals surface area contributed by atoms with E-state index in [1.165, 1.54) is 11.8 Å². The lowest BCUT2D eigenvalue weighted by Crippen LogP contribution is -2.34. The smallest absolute Gasteiger partial charge is 0.235 e. The largest absolute Gasteiger partial charge is 0.342 e. The maximum Gasteiger partial charge on any atom is 0.235 e. The van der Waals surface area contributed by atoms with Gasteiger partial charge in [0.15, 0.2) is 0 Å². The molecule has 0 spiro atoms. The molecule has 0 saturated carbocycles. The molecular weight excluding hydrogens is 430 g/mol. The molecule has 2 aromatic heterocycles. The van der Waals surface area contributed by atoms with Gasteiger partial charge in [-0.05, 0) is 43.5 Å². The molecule has 0 N–H and O–H groups in total. The van der Waals surface area contributed by atoms with Crippen molar-refractivity contribution in [3.8, 4) is 10.4 Å². The van der Waals surface area contributed by atoms with Crippen LogP contribution in [0.1, 0.15) is 19.8 Å². The summed E-state index contributed by atoms with van der Waals surface area (Å²) in [5, 5.41) is 0.757. The Bertz CT molecular complexity index is 936. The van der Waals surface area contributed by atoms with Gasteiger partial charge in [-0.2, -0.15) is 0 Å². The van der Waals surface area contributed by atoms with E-state index in [-0.39, 0.29) is 11.2 Å². The van der Waals surface area contributed by atoms with Gasteiger partial charge in [0.2, 0.25) is 5.91 Å². The lowest BCUT2D eigenvalue weighted by atomic mass is 10.2. The van der Waals surface area contributed by atoms with Crippen LogP contribution in [-0.2, 0) is 4.79 Å². The fraction of sp³-hybridized carbons (Fsp3) is 0.316. The molecule has 1 amide bonds. The van der Waals surface area contributed by atoms with Gasteiger partial charge in [0.1, 0.15) is 11.4 Å². The van der Waals surface area contributed by atoms with Gasteiger partial charge in [0, 0.05) is 22.4 Å². The number of halogens is 1. The van der Waals surface area contributed by atoms with Gasteiger partial charge in [0.05, 0.1) is 15.5 Å². The summed E-state index contributed by atoms with van der Waals surface area (Å²) in [6.45, 7) is 3.74. The van der Waals surface area contributed by atoms with E-state index in [2.05, 4.69) is 44.1 Å². The second kappa shape index (κ2) is 7.66. The van der Waals surface area contributed by atoms with Crippen LogP contribution >= 0.6 is 39.0 Å². The van der Waals surface area contributed by atoms with Crippen LogP contribution in [-0.4, -0.2) is 39.1 Å². The number of aromatic nitrogens is 2. The van der Waals surface area contributed by atoms with Crippen molar-refractivity contribution in [1.82, 2.24) is 14.9 Å². The number of hydrogen-bond acceptors (Lipinski definition) is 5. The highest BCUT2D eigenvalue weighted by atomic mass is 79.9. The zero-order valence-electron chi connectivity index (χ0n) is 14.3. The molecule has 3 aromatic rings. The second-order valence-corrected chi connectivity index (χ2v) is 9.60. The van der Waals surface area contributed by atoms with Crippen molar-refractivity contribution in [1.29, 1.82) is 0 Å². The molecule has 1 fully saturated rings. The molecule has 7 heteroatoms. The van der Waals surface area contributed by atoms with E-state index in [0.717, 1.165) is 56.1 Å². The van der Waals surface area contributed by atoms with Crippen molar-refractivity contribution in [2.45, 2.75) is 30.0 Å². The average Bonchev–Trinajstić information content (AvgIpc) is 3.32. The molecule has 0 radical (unpaired) electrons. The number of carbonyl (C=O) groups is 1. The van der Waals surface area contributed by atoms with E-state index in [1.54, 1.807) is 17.7 Å². The molecule has 0 bridgehead atoms. The molecule has 1 aliphatic rings. The van der Waals surface area contributed by atoms with E-state index < -0.39 is 0 Å². The van der Waals surface area contributed by atoms with Crippen molar-refractivity contribution in [2.24, 2.45) is 0 Å². The van der Waals surface area contributed by atoms with E-state index >= 15 is 0 Å². The van der Waals surface area contributed by atoms with Gasteiger partial charge in [-0.1, -0.05) is 39.8 Å². The standard InChI is InChI=1S/C19H18BrN3OS2/c1-12(19(24)23-8-2-3-9-23)25-18-17-15(21-11-22-18)10-16(26-17)13-4-6-14(20)7-5-13/h4-7,10-12H,2-3,8-9H2,1H3. The molecule has 4 rings (SSSR count). The number of carbonyl (C=O) groups excluding carboxylic acids is 1. The van der Waals surface area contributed by atoms with Crippen LogP contribution in [0.3, 0.4) is 0 Å². The first-order chi connectivity index (χ1) is 12.6. The summed E-state index contributed by atoms with van der Waals surface area (Å²) in [4.78, 5) is 24.6. The van der Waals surface area contributed by atoms with Crippen LogP contribution in [0.2, 0.25) is 0 Å². The van der Waals surface area contributed by atoms with Crippen LogP contribution in [0.25, 0.3) is 20.7 Å². The van der Waals surface area contributed by atoms with Crippen molar-refractivity contribution >= 4 is 55.2 Å². The first-order valence-electron chi connectivity index (χ1n) is 8.58. The monoisotopic (exact) mass is 447 g/mol. The minimum atomic E-state index is -0.135. The highest BCUT2D eigenvalue weighted by molar-refractivity contribution is 9.10. The Morgan fingerprint density at radius 2 is 1.96 bits per heavy atom. The quantitative estimate of drug-likeness (QED) is 0.405. The van der Waals surface area contributed by atoms with Gasteiger partial charge in [-0.15, -0.1) is 11.3 Å². The predicted molar refractivity (Wildman–Crippen MR) is 112 cm³/mol. The number of likely N-dealkylation sites (tertiary alicyclic amines) is 1. The number of amides is 1. The number of rotatable bonds is 4. The molecule has 26 heavy (non-hydrogen) atoms. The highest BCUT2D eigenvalue weighted by Crippen LogP contribution is 2.38. The lowest BCUT2D eigenvalue weighted by Gasteiger charge is -2.19. The predicted octanol–water partition coefficient (Wildman–Crippen LogP) is 5.22. The first kappa shape index (κ1) is 17.9. The molecule has 1 aromatic carbocycles. The van der Waals surface area contributed by atoms with Gasteiger partial charge in [-0.25, -0.2) is 9.97 Å². The number of hydrogen-bond donors (Lipinski definition) is 0. The third-order valence-electron chi connectivity index (χ3n) is 4.46. The summed E-state index contributed by atoms with van der Waals surface area (Å²) < 4.78 is 2.11. The molecular formula is C19H18BrN3OS2. The summed E-state index contributed by atoms with van der Waals surface area (Å²) in [6.07, 6.45) is 3.82. The van der Waals surface area contributed by atoms with Crippen LogP contribution in [0.15, 0.2) is 46.2 Å². The molecule has 1 unspecified atom stereocenters. The molecule has 0 aliphatic carbocycles. The van der Waals surface area contributed by atoms with Crippen molar-refractivity contribution in [3.05, 3.63) is 41.1 Å². The lowest BCUT2D eigenvalue weighted by molar-refractivity contribution is -0.129. The Kier molecular flexibility index (Phi) is 5.29. The Hall–Kier alpha value is -1.44. The molecule has 1 saturated heterocycles.